The van der Waals surface area contributed by atoms with Gasteiger partial charge in [-0.25, -0.2) is 19.7 Å². The third-order valence-corrected chi connectivity index (χ3v) is 4.55. The Kier molecular flexibility index (Phi) is 4.05. The molecular formula is C18H19N5O2. The number of anilines is 1. The van der Waals surface area contributed by atoms with Crippen molar-refractivity contribution in [1.29, 1.82) is 0 Å². The number of benzene rings is 1. The van der Waals surface area contributed by atoms with E-state index in [-0.39, 0.29) is 5.97 Å². The fraction of sp³-hybridized carbons (Fsp3) is 0.333. The van der Waals surface area contributed by atoms with E-state index in [4.69, 9.17) is 4.74 Å². The van der Waals surface area contributed by atoms with Gasteiger partial charge in [-0.05, 0) is 24.5 Å². The minimum atomic E-state index is -0.340. The highest BCUT2D eigenvalue weighted by atomic mass is 16.5. The molecule has 1 aliphatic heterocycles. The second-order valence-corrected chi connectivity index (χ2v) is 6.08. The molecule has 0 spiro atoms. The molecule has 1 aliphatic rings. The quantitative estimate of drug-likeness (QED) is 0.680. The number of hydrogen-bond acceptors (Lipinski definition) is 6. The van der Waals surface area contributed by atoms with E-state index in [1.165, 1.54) is 20.0 Å². The number of aromatic nitrogens is 4. The van der Waals surface area contributed by atoms with Gasteiger partial charge in [0.15, 0.2) is 17.0 Å². The van der Waals surface area contributed by atoms with Gasteiger partial charge in [-0.15, -0.1) is 0 Å². The van der Waals surface area contributed by atoms with Gasteiger partial charge in [-0.1, -0.05) is 18.2 Å². The second-order valence-electron chi connectivity index (χ2n) is 6.08. The van der Waals surface area contributed by atoms with Crippen LogP contribution in [0, 0.1) is 0 Å². The molecule has 128 valence electrons. The van der Waals surface area contributed by atoms with Crippen molar-refractivity contribution in [2.75, 3.05) is 25.1 Å². The van der Waals surface area contributed by atoms with E-state index in [2.05, 4.69) is 19.9 Å². The average molecular weight is 337 g/mol. The van der Waals surface area contributed by atoms with Crippen molar-refractivity contribution in [3.63, 3.8) is 0 Å². The van der Waals surface area contributed by atoms with E-state index in [9.17, 15) is 4.79 Å². The van der Waals surface area contributed by atoms with Crippen LogP contribution in [0.25, 0.3) is 11.2 Å². The third-order valence-electron chi connectivity index (χ3n) is 4.55. The van der Waals surface area contributed by atoms with Gasteiger partial charge in [0.05, 0.1) is 25.5 Å². The molecule has 0 N–H and O–H groups in total. The summed E-state index contributed by atoms with van der Waals surface area (Å²) in [5.74, 6) is 0.551. The summed E-state index contributed by atoms with van der Waals surface area (Å²) in [6, 6.07) is 7.42. The van der Waals surface area contributed by atoms with E-state index in [0.717, 1.165) is 35.6 Å². The Bertz CT molecular complexity index is 915. The van der Waals surface area contributed by atoms with Crippen LogP contribution in [0.15, 0.2) is 36.9 Å². The Morgan fingerprint density at radius 3 is 2.76 bits per heavy atom. The van der Waals surface area contributed by atoms with Crippen molar-refractivity contribution in [2.45, 2.75) is 19.4 Å². The van der Waals surface area contributed by atoms with Crippen LogP contribution in [0.3, 0.4) is 0 Å². The van der Waals surface area contributed by atoms with Crippen LogP contribution in [0.4, 0.5) is 5.82 Å². The Hall–Kier alpha value is -2.96. The maximum Gasteiger partial charge on any atom is 0.338 e. The molecule has 1 aromatic carbocycles. The lowest BCUT2D eigenvalue weighted by Crippen LogP contribution is -2.19. The van der Waals surface area contributed by atoms with Crippen molar-refractivity contribution < 1.29 is 9.53 Å². The standard InChI is InChI=1S/C18H19N5O2/c1-25-18(24)14-7-3-2-6-13(14)10-23-12-21-15-16(19-11-20-17(15)23)22-8-4-5-9-22/h2-3,6-7,11-12H,4-5,8-10H2,1H3. The van der Waals surface area contributed by atoms with Gasteiger partial charge < -0.3 is 14.2 Å². The summed E-state index contributed by atoms with van der Waals surface area (Å²) in [5, 5.41) is 0. The first-order chi connectivity index (χ1) is 12.3. The molecular weight excluding hydrogens is 318 g/mol. The Balaban J connectivity index is 1.72. The van der Waals surface area contributed by atoms with Gasteiger partial charge in [0.2, 0.25) is 0 Å². The summed E-state index contributed by atoms with van der Waals surface area (Å²) in [6.07, 6.45) is 5.70. The Labute approximate surface area is 145 Å². The van der Waals surface area contributed by atoms with Gasteiger partial charge in [-0.2, -0.15) is 0 Å². The molecule has 25 heavy (non-hydrogen) atoms. The van der Waals surface area contributed by atoms with E-state index >= 15 is 0 Å². The fourth-order valence-electron chi connectivity index (χ4n) is 3.30. The predicted molar refractivity (Wildman–Crippen MR) is 93.7 cm³/mol. The minimum Gasteiger partial charge on any atom is -0.465 e. The van der Waals surface area contributed by atoms with Crippen molar-refractivity contribution in [3.8, 4) is 0 Å². The molecule has 0 radical (unpaired) electrons. The second kappa shape index (κ2) is 6.51. The third kappa shape index (κ3) is 2.82. The molecule has 7 nitrogen and oxygen atoms in total. The molecule has 2 aromatic heterocycles. The highest BCUT2D eigenvalue weighted by Crippen LogP contribution is 2.25. The molecule has 4 rings (SSSR count). The number of esters is 1. The molecule has 1 fully saturated rings. The molecule has 0 bridgehead atoms. The SMILES string of the molecule is COC(=O)c1ccccc1Cn1cnc2c(N3CCCC3)ncnc21. The average Bonchev–Trinajstić information content (AvgIpc) is 3.32. The highest BCUT2D eigenvalue weighted by Gasteiger charge is 2.20. The lowest BCUT2D eigenvalue weighted by molar-refractivity contribution is 0.0599. The van der Waals surface area contributed by atoms with Crippen LogP contribution in [0.5, 0.6) is 0 Å². The predicted octanol–water partition coefficient (Wildman–Crippen LogP) is 2.26. The van der Waals surface area contributed by atoms with Gasteiger partial charge >= 0.3 is 5.97 Å². The number of rotatable bonds is 4. The van der Waals surface area contributed by atoms with Crippen molar-refractivity contribution >= 4 is 23.0 Å². The number of imidazole rings is 1. The van der Waals surface area contributed by atoms with E-state index < -0.39 is 0 Å². The summed E-state index contributed by atoms with van der Waals surface area (Å²) in [6.45, 7) is 2.51. The van der Waals surface area contributed by atoms with Crippen LogP contribution in [-0.4, -0.2) is 45.7 Å². The summed E-state index contributed by atoms with van der Waals surface area (Å²) in [7, 11) is 1.39. The molecule has 1 saturated heterocycles. The normalized spacial score (nSPS) is 14.2. The first-order valence-corrected chi connectivity index (χ1v) is 8.35. The number of ether oxygens (including phenoxy) is 1. The maximum atomic E-state index is 12.0. The zero-order chi connectivity index (χ0) is 17.2. The number of carbonyl (C=O) groups excluding carboxylic acids is 1. The minimum absolute atomic E-state index is 0.340. The first-order valence-electron chi connectivity index (χ1n) is 8.35. The Morgan fingerprint density at radius 1 is 1.16 bits per heavy atom. The van der Waals surface area contributed by atoms with E-state index in [1.54, 1.807) is 18.7 Å². The molecule has 3 heterocycles. The fourth-order valence-corrected chi connectivity index (χ4v) is 3.30. The molecule has 0 unspecified atom stereocenters. The van der Waals surface area contributed by atoms with Gasteiger partial charge in [0, 0.05) is 13.1 Å². The molecule has 0 amide bonds. The van der Waals surface area contributed by atoms with Crippen molar-refractivity contribution in [3.05, 3.63) is 48.0 Å². The number of nitrogens with zero attached hydrogens (tertiary/aromatic N) is 5. The number of fused-ring (bicyclic) bond motifs is 1. The molecule has 7 heteroatoms. The lowest BCUT2D eigenvalue weighted by Gasteiger charge is -2.16. The molecule has 3 aromatic rings. The zero-order valence-corrected chi connectivity index (χ0v) is 14.1. The summed E-state index contributed by atoms with van der Waals surface area (Å²) in [5.41, 5.74) is 3.01. The number of hydrogen-bond donors (Lipinski definition) is 0. The monoisotopic (exact) mass is 337 g/mol. The molecule has 0 aliphatic carbocycles. The van der Waals surface area contributed by atoms with Crippen LogP contribution in [-0.2, 0) is 11.3 Å². The maximum absolute atomic E-state index is 12.0. The summed E-state index contributed by atoms with van der Waals surface area (Å²) in [4.78, 5) is 27.6. The van der Waals surface area contributed by atoms with Gasteiger partial charge in [-0.3, -0.25) is 0 Å². The van der Waals surface area contributed by atoms with Gasteiger partial charge in [0.25, 0.3) is 0 Å². The molecule has 0 atom stereocenters. The van der Waals surface area contributed by atoms with E-state index in [1.807, 2.05) is 22.8 Å². The Morgan fingerprint density at radius 2 is 1.96 bits per heavy atom. The van der Waals surface area contributed by atoms with Crippen LogP contribution < -0.4 is 4.90 Å². The summed E-state index contributed by atoms with van der Waals surface area (Å²) < 4.78 is 6.82. The van der Waals surface area contributed by atoms with Crippen LogP contribution >= 0.6 is 0 Å². The number of carbonyl (C=O) groups is 1. The summed E-state index contributed by atoms with van der Waals surface area (Å²) >= 11 is 0. The van der Waals surface area contributed by atoms with Crippen molar-refractivity contribution in [2.24, 2.45) is 0 Å². The molecule has 0 saturated carbocycles. The smallest absolute Gasteiger partial charge is 0.338 e. The van der Waals surface area contributed by atoms with Crippen LogP contribution in [0.1, 0.15) is 28.8 Å². The van der Waals surface area contributed by atoms with Crippen molar-refractivity contribution in [1.82, 2.24) is 19.5 Å². The topological polar surface area (TPSA) is 73.1 Å². The van der Waals surface area contributed by atoms with E-state index in [0.29, 0.717) is 12.1 Å². The largest absolute Gasteiger partial charge is 0.465 e. The highest BCUT2D eigenvalue weighted by molar-refractivity contribution is 5.91. The van der Waals surface area contributed by atoms with Crippen LogP contribution in [0.2, 0.25) is 0 Å². The lowest BCUT2D eigenvalue weighted by atomic mass is 10.1. The first kappa shape index (κ1) is 15.6. The number of methoxy groups -OCH3 is 1. The zero-order valence-electron chi connectivity index (χ0n) is 14.1. The van der Waals surface area contributed by atoms with Gasteiger partial charge in [0.1, 0.15) is 6.33 Å².